The molecule has 1 atom stereocenters. The van der Waals surface area contributed by atoms with Gasteiger partial charge in [-0.2, -0.15) is 14.9 Å². The van der Waals surface area contributed by atoms with Crippen molar-refractivity contribution in [3.05, 3.63) is 65.9 Å². The number of hydrogen-bond acceptors (Lipinski definition) is 6. The Hall–Kier alpha value is -3.59. The molecule has 1 unspecified atom stereocenters. The number of carbonyl (C=O) groups excluding carboxylic acids is 1. The summed E-state index contributed by atoms with van der Waals surface area (Å²) in [5.74, 6) is 1.31. The SMILES string of the molecule is Cc1ccc(-n2nc(C3CCCNCC3)cc2NC(=O)c2cnn3cccnc23)nc1. The highest BCUT2D eigenvalue weighted by atomic mass is 16.1. The van der Waals surface area contributed by atoms with Gasteiger partial charge in [-0.1, -0.05) is 6.07 Å². The number of fused-ring (bicyclic) bond motifs is 1. The van der Waals surface area contributed by atoms with Crippen molar-refractivity contribution >= 4 is 17.4 Å². The second kappa shape index (κ2) is 8.27. The summed E-state index contributed by atoms with van der Waals surface area (Å²) in [4.78, 5) is 21.9. The van der Waals surface area contributed by atoms with Crippen molar-refractivity contribution in [3.8, 4) is 5.82 Å². The molecular formula is C22H24N8O. The van der Waals surface area contributed by atoms with E-state index in [-0.39, 0.29) is 5.91 Å². The Morgan fingerprint density at radius 3 is 3.00 bits per heavy atom. The van der Waals surface area contributed by atoms with Crippen molar-refractivity contribution in [2.45, 2.75) is 32.1 Å². The molecule has 4 aromatic rings. The van der Waals surface area contributed by atoms with Crippen LogP contribution in [0.1, 0.15) is 46.8 Å². The summed E-state index contributed by atoms with van der Waals surface area (Å²) in [6, 6.07) is 7.63. The molecule has 1 saturated heterocycles. The summed E-state index contributed by atoms with van der Waals surface area (Å²) in [5, 5.41) is 15.5. The van der Waals surface area contributed by atoms with Crippen LogP contribution in [0.5, 0.6) is 0 Å². The molecule has 1 aliphatic rings. The summed E-state index contributed by atoms with van der Waals surface area (Å²) in [7, 11) is 0. The molecule has 0 saturated carbocycles. The van der Waals surface area contributed by atoms with E-state index >= 15 is 0 Å². The van der Waals surface area contributed by atoms with Crippen LogP contribution in [0.25, 0.3) is 11.5 Å². The van der Waals surface area contributed by atoms with E-state index in [4.69, 9.17) is 5.10 Å². The zero-order valence-corrected chi connectivity index (χ0v) is 17.3. The summed E-state index contributed by atoms with van der Waals surface area (Å²) in [5.41, 5.74) is 2.95. The second-order valence-electron chi connectivity index (χ2n) is 7.84. The van der Waals surface area contributed by atoms with E-state index in [0.29, 0.717) is 28.8 Å². The minimum Gasteiger partial charge on any atom is -0.317 e. The lowest BCUT2D eigenvalue weighted by Gasteiger charge is -2.09. The van der Waals surface area contributed by atoms with Gasteiger partial charge in [0.1, 0.15) is 11.4 Å². The molecule has 4 aromatic heterocycles. The smallest absolute Gasteiger partial charge is 0.262 e. The van der Waals surface area contributed by atoms with Crippen molar-refractivity contribution in [2.75, 3.05) is 18.4 Å². The molecule has 1 fully saturated rings. The third-order valence-corrected chi connectivity index (χ3v) is 5.60. The highest BCUT2D eigenvalue weighted by molar-refractivity contribution is 6.07. The van der Waals surface area contributed by atoms with Gasteiger partial charge in [-0.3, -0.25) is 4.79 Å². The molecule has 0 radical (unpaired) electrons. The second-order valence-corrected chi connectivity index (χ2v) is 7.84. The maximum atomic E-state index is 13.1. The first-order valence-corrected chi connectivity index (χ1v) is 10.5. The predicted molar refractivity (Wildman–Crippen MR) is 116 cm³/mol. The van der Waals surface area contributed by atoms with Gasteiger partial charge in [0, 0.05) is 30.6 Å². The maximum Gasteiger partial charge on any atom is 0.262 e. The summed E-state index contributed by atoms with van der Waals surface area (Å²) in [6.45, 7) is 3.99. The summed E-state index contributed by atoms with van der Waals surface area (Å²) >= 11 is 0. The number of carbonyl (C=O) groups is 1. The molecule has 0 aliphatic carbocycles. The van der Waals surface area contributed by atoms with Gasteiger partial charge in [0.2, 0.25) is 0 Å². The fourth-order valence-electron chi connectivity index (χ4n) is 3.93. The van der Waals surface area contributed by atoms with Crippen molar-refractivity contribution in [1.29, 1.82) is 0 Å². The van der Waals surface area contributed by atoms with Crippen molar-refractivity contribution in [3.63, 3.8) is 0 Å². The van der Waals surface area contributed by atoms with Gasteiger partial charge < -0.3 is 10.6 Å². The van der Waals surface area contributed by atoms with E-state index in [1.165, 1.54) is 6.20 Å². The summed E-state index contributed by atoms with van der Waals surface area (Å²) in [6.07, 6.45) is 9.92. The molecule has 0 spiro atoms. The number of rotatable bonds is 4. The Balaban J connectivity index is 1.51. The lowest BCUT2D eigenvalue weighted by molar-refractivity contribution is 0.102. The number of pyridine rings is 1. The van der Waals surface area contributed by atoms with E-state index < -0.39 is 0 Å². The number of anilines is 1. The molecule has 0 bridgehead atoms. The Bertz CT molecular complexity index is 1200. The van der Waals surface area contributed by atoms with Crippen molar-refractivity contribution in [1.82, 2.24) is 34.7 Å². The maximum absolute atomic E-state index is 13.1. The molecule has 1 aliphatic heterocycles. The van der Waals surface area contributed by atoms with Crippen molar-refractivity contribution < 1.29 is 4.79 Å². The largest absolute Gasteiger partial charge is 0.317 e. The molecule has 158 valence electrons. The van der Waals surface area contributed by atoms with Crippen LogP contribution in [0.2, 0.25) is 0 Å². The Morgan fingerprint density at radius 1 is 1.19 bits per heavy atom. The average molecular weight is 416 g/mol. The molecule has 2 N–H and O–H groups in total. The molecular weight excluding hydrogens is 392 g/mol. The Labute approximate surface area is 179 Å². The third-order valence-electron chi connectivity index (χ3n) is 5.60. The van der Waals surface area contributed by atoms with Crippen molar-refractivity contribution in [2.24, 2.45) is 0 Å². The topological polar surface area (TPSA) is 102 Å². The predicted octanol–water partition coefficient (Wildman–Crippen LogP) is 2.73. The zero-order chi connectivity index (χ0) is 21.2. The van der Waals surface area contributed by atoms with Crippen LogP contribution in [-0.4, -0.2) is 48.4 Å². The van der Waals surface area contributed by atoms with Crippen LogP contribution in [0.15, 0.2) is 49.1 Å². The number of aryl methyl sites for hydroxylation is 1. The highest BCUT2D eigenvalue weighted by Crippen LogP contribution is 2.29. The Kier molecular flexibility index (Phi) is 5.17. The normalized spacial score (nSPS) is 16.9. The molecule has 31 heavy (non-hydrogen) atoms. The first-order chi connectivity index (χ1) is 15.2. The average Bonchev–Trinajstić information content (AvgIpc) is 3.30. The van der Waals surface area contributed by atoms with Crippen LogP contribution < -0.4 is 10.6 Å². The van der Waals surface area contributed by atoms with Gasteiger partial charge in [0.15, 0.2) is 11.5 Å². The lowest BCUT2D eigenvalue weighted by Crippen LogP contribution is -2.15. The zero-order valence-electron chi connectivity index (χ0n) is 17.3. The number of nitrogens with one attached hydrogen (secondary N) is 2. The quantitative estimate of drug-likeness (QED) is 0.530. The molecule has 1 amide bonds. The first-order valence-electron chi connectivity index (χ1n) is 10.5. The number of nitrogens with zero attached hydrogens (tertiary/aromatic N) is 6. The molecule has 5 rings (SSSR count). The van der Waals surface area contributed by atoms with Gasteiger partial charge in [-0.25, -0.2) is 14.5 Å². The van der Waals surface area contributed by atoms with Crippen LogP contribution in [0.4, 0.5) is 5.82 Å². The van der Waals surface area contributed by atoms with Gasteiger partial charge >= 0.3 is 0 Å². The van der Waals surface area contributed by atoms with E-state index in [0.717, 1.165) is 43.6 Å². The van der Waals surface area contributed by atoms with Crippen LogP contribution in [0, 0.1) is 6.92 Å². The standard InChI is InChI=1S/C22H24N8O/c1-15-5-6-19(25-13-15)30-20(12-18(28-30)16-4-2-8-23-10-7-16)27-22(31)17-14-26-29-11-3-9-24-21(17)29/h3,5-6,9,11-14,16,23H,2,4,7-8,10H2,1H3,(H,27,31). The number of amides is 1. The Morgan fingerprint density at radius 2 is 2.13 bits per heavy atom. The van der Waals surface area contributed by atoms with Gasteiger partial charge in [0.25, 0.3) is 5.91 Å². The fraction of sp³-hybridized carbons (Fsp3) is 0.318. The molecule has 5 heterocycles. The first kappa shape index (κ1) is 19.4. The van der Waals surface area contributed by atoms with Crippen LogP contribution >= 0.6 is 0 Å². The number of hydrogen-bond donors (Lipinski definition) is 2. The van der Waals surface area contributed by atoms with Gasteiger partial charge in [-0.15, -0.1) is 0 Å². The van der Waals surface area contributed by atoms with E-state index in [9.17, 15) is 4.79 Å². The molecule has 9 heteroatoms. The minimum absolute atomic E-state index is 0.281. The van der Waals surface area contributed by atoms with E-state index in [1.54, 1.807) is 33.9 Å². The highest BCUT2D eigenvalue weighted by Gasteiger charge is 2.22. The van der Waals surface area contributed by atoms with Gasteiger partial charge in [0.05, 0.1) is 11.9 Å². The number of aromatic nitrogens is 6. The monoisotopic (exact) mass is 416 g/mol. The molecule has 9 nitrogen and oxygen atoms in total. The third kappa shape index (κ3) is 3.91. The van der Waals surface area contributed by atoms with Crippen LogP contribution in [0.3, 0.4) is 0 Å². The van der Waals surface area contributed by atoms with Crippen LogP contribution in [-0.2, 0) is 0 Å². The summed E-state index contributed by atoms with van der Waals surface area (Å²) < 4.78 is 3.29. The lowest BCUT2D eigenvalue weighted by atomic mass is 9.97. The fourth-order valence-corrected chi connectivity index (χ4v) is 3.93. The minimum atomic E-state index is -0.281. The van der Waals surface area contributed by atoms with E-state index in [1.807, 2.05) is 25.1 Å². The van der Waals surface area contributed by atoms with Gasteiger partial charge in [-0.05, 0) is 57.0 Å². The molecule has 0 aromatic carbocycles. The van der Waals surface area contributed by atoms with E-state index in [2.05, 4.69) is 25.7 Å².